The number of Topliss-reactive ketones (excluding diaryl/α,β-unsaturated/α-hetero) is 1. The molecule has 0 radical (unpaired) electrons. The van der Waals surface area contributed by atoms with Crippen LogP contribution in [0.25, 0.3) is 0 Å². The number of hydrogen-bond acceptors (Lipinski definition) is 4. The first-order valence-electron chi connectivity index (χ1n) is 7.07. The van der Waals surface area contributed by atoms with Crippen molar-refractivity contribution in [3.63, 3.8) is 0 Å². The van der Waals surface area contributed by atoms with Crippen LogP contribution in [0, 0.1) is 0 Å². The summed E-state index contributed by atoms with van der Waals surface area (Å²) < 4.78 is 64.1. The maximum Gasteiger partial charge on any atom is 0.416 e. The van der Waals surface area contributed by atoms with E-state index >= 15 is 0 Å². The zero-order valence-corrected chi connectivity index (χ0v) is 14.1. The fraction of sp³-hybridized carbons (Fsp3) is 0.188. The fourth-order valence-electron chi connectivity index (χ4n) is 2.14. The standard InChI is InChI=1S/C16H15F3N2O3S/c1-10(22)14-9-13(25(23,24)20-2)6-7-15(14)21-12-5-3-4-11(8-12)16(17,18)19/h3-9,20-21H,1-2H3. The Labute approximate surface area is 142 Å². The Morgan fingerprint density at radius 1 is 1.08 bits per heavy atom. The largest absolute Gasteiger partial charge is 0.416 e. The molecule has 0 bridgehead atoms. The van der Waals surface area contributed by atoms with E-state index in [1.165, 1.54) is 44.3 Å². The molecular formula is C16H15F3N2O3S. The smallest absolute Gasteiger partial charge is 0.355 e. The molecule has 0 amide bonds. The van der Waals surface area contributed by atoms with Crippen LogP contribution in [0.15, 0.2) is 47.4 Å². The quantitative estimate of drug-likeness (QED) is 0.787. The summed E-state index contributed by atoms with van der Waals surface area (Å²) in [7, 11) is -2.51. The van der Waals surface area contributed by atoms with Gasteiger partial charge in [0.25, 0.3) is 0 Å². The molecule has 0 atom stereocenters. The molecule has 0 aliphatic carbocycles. The Kier molecular flexibility index (Phi) is 5.19. The van der Waals surface area contributed by atoms with Crippen LogP contribution >= 0.6 is 0 Å². The molecule has 0 aromatic heterocycles. The van der Waals surface area contributed by atoms with Gasteiger partial charge in [0, 0.05) is 16.9 Å². The van der Waals surface area contributed by atoms with Crippen molar-refractivity contribution in [1.82, 2.24) is 4.72 Å². The second-order valence-corrected chi connectivity index (χ2v) is 7.06. The first kappa shape index (κ1) is 18.9. The van der Waals surface area contributed by atoms with Crippen LogP contribution in [0.1, 0.15) is 22.8 Å². The predicted octanol–water partition coefficient (Wildman–Crippen LogP) is 3.56. The molecule has 0 heterocycles. The molecule has 9 heteroatoms. The van der Waals surface area contributed by atoms with Gasteiger partial charge in [0.05, 0.1) is 10.5 Å². The highest BCUT2D eigenvalue weighted by molar-refractivity contribution is 7.89. The highest BCUT2D eigenvalue weighted by Gasteiger charge is 2.30. The number of halogens is 3. The van der Waals surface area contributed by atoms with Gasteiger partial charge < -0.3 is 5.32 Å². The number of anilines is 2. The molecule has 134 valence electrons. The normalized spacial score (nSPS) is 12.0. The van der Waals surface area contributed by atoms with Crippen molar-refractivity contribution in [2.75, 3.05) is 12.4 Å². The van der Waals surface area contributed by atoms with Gasteiger partial charge in [0.1, 0.15) is 0 Å². The van der Waals surface area contributed by atoms with Gasteiger partial charge in [-0.05, 0) is 50.4 Å². The number of benzene rings is 2. The third-order valence-corrected chi connectivity index (χ3v) is 4.83. The van der Waals surface area contributed by atoms with Gasteiger partial charge in [-0.15, -0.1) is 0 Å². The third kappa shape index (κ3) is 4.37. The summed E-state index contributed by atoms with van der Waals surface area (Å²) in [5.41, 5.74) is -0.451. The van der Waals surface area contributed by atoms with E-state index in [4.69, 9.17) is 0 Å². The van der Waals surface area contributed by atoms with E-state index in [1.807, 2.05) is 0 Å². The molecule has 0 saturated heterocycles. The summed E-state index contributed by atoms with van der Waals surface area (Å²) in [4.78, 5) is 11.7. The van der Waals surface area contributed by atoms with Crippen LogP contribution in [0.2, 0.25) is 0 Å². The van der Waals surface area contributed by atoms with E-state index in [2.05, 4.69) is 10.0 Å². The van der Waals surface area contributed by atoms with Crippen LogP contribution < -0.4 is 10.0 Å². The maximum atomic E-state index is 12.8. The Morgan fingerprint density at radius 2 is 1.76 bits per heavy atom. The zero-order valence-electron chi connectivity index (χ0n) is 13.3. The van der Waals surface area contributed by atoms with E-state index in [1.54, 1.807) is 0 Å². The van der Waals surface area contributed by atoms with Crippen molar-refractivity contribution in [1.29, 1.82) is 0 Å². The van der Waals surface area contributed by atoms with Crippen molar-refractivity contribution >= 4 is 27.2 Å². The van der Waals surface area contributed by atoms with Gasteiger partial charge in [0.2, 0.25) is 10.0 Å². The van der Waals surface area contributed by atoms with Crippen molar-refractivity contribution in [3.8, 4) is 0 Å². The average molecular weight is 372 g/mol. The summed E-state index contributed by atoms with van der Waals surface area (Å²) in [6, 6.07) is 8.25. The van der Waals surface area contributed by atoms with Crippen molar-refractivity contribution < 1.29 is 26.4 Å². The molecule has 25 heavy (non-hydrogen) atoms. The van der Waals surface area contributed by atoms with Crippen molar-refractivity contribution in [2.45, 2.75) is 18.0 Å². The van der Waals surface area contributed by atoms with Gasteiger partial charge >= 0.3 is 6.18 Å². The number of nitrogens with one attached hydrogen (secondary N) is 2. The van der Waals surface area contributed by atoms with Crippen LogP contribution in [0.5, 0.6) is 0 Å². The van der Waals surface area contributed by atoms with Crippen molar-refractivity contribution in [2.24, 2.45) is 0 Å². The second kappa shape index (κ2) is 6.85. The average Bonchev–Trinajstić information content (AvgIpc) is 2.54. The molecule has 2 aromatic rings. The summed E-state index contributed by atoms with van der Waals surface area (Å²) in [6.07, 6.45) is -4.49. The monoisotopic (exact) mass is 372 g/mol. The number of hydrogen-bond donors (Lipinski definition) is 2. The minimum Gasteiger partial charge on any atom is -0.355 e. The Bertz CT molecular complexity index is 909. The Hall–Kier alpha value is -2.39. The fourth-order valence-corrected chi connectivity index (χ4v) is 2.89. The SMILES string of the molecule is CNS(=O)(=O)c1ccc(Nc2cccc(C(F)(F)F)c2)c(C(C)=O)c1. The number of carbonyl (C=O) groups is 1. The molecule has 2 N–H and O–H groups in total. The van der Waals surface area contributed by atoms with Gasteiger partial charge in [-0.3, -0.25) is 4.79 Å². The lowest BCUT2D eigenvalue weighted by atomic mass is 10.1. The number of carbonyl (C=O) groups excluding carboxylic acids is 1. The molecule has 2 rings (SSSR count). The lowest BCUT2D eigenvalue weighted by Gasteiger charge is -2.14. The number of rotatable bonds is 5. The van der Waals surface area contributed by atoms with E-state index in [0.29, 0.717) is 0 Å². The van der Waals surface area contributed by atoms with Crippen LogP contribution in [-0.2, 0) is 16.2 Å². The minimum atomic E-state index is -4.49. The topological polar surface area (TPSA) is 75.3 Å². The first-order valence-corrected chi connectivity index (χ1v) is 8.56. The molecule has 0 unspecified atom stereocenters. The van der Waals surface area contributed by atoms with Crippen molar-refractivity contribution in [3.05, 3.63) is 53.6 Å². The molecule has 5 nitrogen and oxygen atoms in total. The maximum absolute atomic E-state index is 12.8. The van der Waals surface area contributed by atoms with Crippen LogP contribution in [0.4, 0.5) is 24.5 Å². The molecule has 0 saturated carbocycles. The Balaban J connectivity index is 2.45. The van der Waals surface area contributed by atoms with E-state index < -0.39 is 27.5 Å². The number of alkyl halides is 3. The molecule has 0 spiro atoms. The van der Waals surface area contributed by atoms with E-state index in [9.17, 15) is 26.4 Å². The van der Waals surface area contributed by atoms with Gasteiger partial charge in [-0.1, -0.05) is 6.07 Å². The molecule has 0 aliphatic heterocycles. The van der Waals surface area contributed by atoms with Gasteiger partial charge in [0.15, 0.2) is 5.78 Å². The van der Waals surface area contributed by atoms with Crippen LogP contribution in [0.3, 0.4) is 0 Å². The van der Waals surface area contributed by atoms with Gasteiger partial charge in [-0.2, -0.15) is 13.2 Å². The number of ketones is 1. The Morgan fingerprint density at radius 3 is 2.32 bits per heavy atom. The minimum absolute atomic E-state index is 0.0498. The molecule has 0 fully saturated rings. The third-order valence-electron chi connectivity index (χ3n) is 3.42. The zero-order chi connectivity index (χ0) is 18.8. The summed E-state index contributed by atoms with van der Waals surface area (Å²) in [5, 5.41) is 2.73. The highest BCUT2D eigenvalue weighted by Crippen LogP contribution is 2.32. The van der Waals surface area contributed by atoms with Gasteiger partial charge in [-0.25, -0.2) is 13.1 Å². The van der Waals surface area contributed by atoms with E-state index in [0.717, 1.165) is 12.1 Å². The lowest BCUT2D eigenvalue weighted by Crippen LogP contribution is -2.19. The van der Waals surface area contributed by atoms with Crippen LogP contribution in [-0.4, -0.2) is 21.2 Å². The second-order valence-electron chi connectivity index (χ2n) is 5.17. The predicted molar refractivity (Wildman–Crippen MR) is 87.4 cm³/mol. The highest BCUT2D eigenvalue weighted by atomic mass is 32.2. The summed E-state index contributed by atoms with van der Waals surface area (Å²) in [6.45, 7) is 1.24. The molecule has 2 aromatic carbocycles. The lowest BCUT2D eigenvalue weighted by molar-refractivity contribution is -0.137. The summed E-state index contributed by atoms with van der Waals surface area (Å²) in [5.74, 6) is -0.428. The van der Waals surface area contributed by atoms with E-state index in [-0.39, 0.29) is 21.8 Å². The number of sulfonamides is 1. The summed E-state index contributed by atoms with van der Waals surface area (Å²) >= 11 is 0. The molecule has 0 aliphatic rings. The first-order chi connectivity index (χ1) is 11.5. The molecular weight excluding hydrogens is 357 g/mol.